The highest BCUT2D eigenvalue weighted by Gasteiger charge is 2.31. The first-order valence-corrected chi connectivity index (χ1v) is 10.9. The van der Waals surface area contributed by atoms with E-state index in [4.69, 9.17) is 15.2 Å². The van der Waals surface area contributed by atoms with Crippen LogP contribution >= 0.6 is 0 Å². The lowest BCUT2D eigenvalue weighted by molar-refractivity contribution is -0.384. The SMILES string of the molecule is CC(C)(C)c1ccc(C2C(C#N)=C(N)Oc3cc(OC(=O)c4cccc([N+](=O)[O-])c4)ccc32)cc1. The van der Waals surface area contributed by atoms with Crippen LogP contribution in [-0.4, -0.2) is 10.9 Å². The highest BCUT2D eigenvalue weighted by Crippen LogP contribution is 2.43. The number of nitriles is 1. The van der Waals surface area contributed by atoms with Crippen molar-refractivity contribution in [2.75, 3.05) is 0 Å². The fourth-order valence-electron chi connectivity index (χ4n) is 3.93. The second-order valence-corrected chi connectivity index (χ2v) is 9.19. The molecule has 1 aliphatic rings. The molecule has 8 heteroatoms. The number of hydrogen-bond donors (Lipinski definition) is 1. The van der Waals surface area contributed by atoms with E-state index in [0.29, 0.717) is 16.9 Å². The summed E-state index contributed by atoms with van der Waals surface area (Å²) < 4.78 is 11.1. The van der Waals surface area contributed by atoms with E-state index in [1.54, 1.807) is 12.1 Å². The smallest absolute Gasteiger partial charge is 0.343 e. The molecule has 0 fully saturated rings. The number of rotatable bonds is 4. The van der Waals surface area contributed by atoms with Gasteiger partial charge in [-0.3, -0.25) is 10.1 Å². The zero-order valence-corrected chi connectivity index (χ0v) is 19.4. The molecule has 1 aliphatic heterocycles. The second-order valence-electron chi connectivity index (χ2n) is 9.19. The van der Waals surface area contributed by atoms with Crippen molar-refractivity contribution in [1.29, 1.82) is 5.26 Å². The summed E-state index contributed by atoms with van der Waals surface area (Å²) in [4.78, 5) is 23.0. The zero-order chi connectivity index (χ0) is 25.3. The summed E-state index contributed by atoms with van der Waals surface area (Å²) in [7, 11) is 0. The molecule has 0 bridgehead atoms. The molecule has 0 saturated carbocycles. The van der Waals surface area contributed by atoms with Crippen LogP contribution in [0.25, 0.3) is 0 Å². The van der Waals surface area contributed by atoms with Crippen molar-refractivity contribution in [3.8, 4) is 17.6 Å². The van der Waals surface area contributed by atoms with Gasteiger partial charge in [-0.1, -0.05) is 57.2 Å². The Bertz CT molecular complexity index is 1400. The summed E-state index contributed by atoms with van der Waals surface area (Å²) >= 11 is 0. The average Bonchev–Trinajstić information content (AvgIpc) is 2.82. The summed E-state index contributed by atoms with van der Waals surface area (Å²) in [6, 6.07) is 20.3. The monoisotopic (exact) mass is 469 g/mol. The van der Waals surface area contributed by atoms with Crippen molar-refractivity contribution >= 4 is 11.7 Å². The van der Waals surface area contributed by atoms with Crippen molar-refractivity contribution in [3.05, 3.63) is 111 Å². The molecule has 0 radical (unpaired) electrons. The van der Waals surface area contributed by atoms with E-state index in [1.807, 2.05) is 24.3 Å². The van der Waals surface area contributed by atoms with Crippen LogP contribution in [-0.2, 0) is 5.41 Å². The molecule has 0 aliphatic carbocycles. The van der Waals surface area contributed by atoms with Gasteiger partial charge in [0.15, 0.2) is 0 Å². The van der Waals surface area contributed by atoms with Crippen molar-refractivity contribution in [2.45, 2.75) is 32.1 Å². The minimum absolute atomic E-state index is 0.0169. The Kier molecular flexibility index (Phi) is 6.01. The van der Waals surface area contributed by atoms with Gasteiger partial charge in [0.25, 0.3) is 5.69 Å². The molecular formula is C27H23N3O5. The summed E-state index contributed by atoms with van der Waals surface area (Å²) in [6.45, 7) is 6.38. The van der Waals surface area contributed by atoms with Crippen LogP contribution in [0.1, 0.15) is 53.7 Å². The van der Waals surface area contributed by atoms with Crippen LogP contribution in [0.15, 0.2) is 78.2 Å². The average molecular weight is 469 g/mol. The second kappa shape index (κ2) is 8.95. The van der Waals surface area contributed by atoms with E-state index < -0.39 is 16.8 Å². The number of allylic oxidation sites excluding steroid dienone is 1. The maximum atomic E-state index is 12.6. The van der Waals surface area contributed by atoms with Gasteiger partial charge >= 0.3 is 5.97 Å². The third-order valence-corrected chi connectivity index (χ3v) is 5.80. The third-order valence-electron chi connectivity index (χ3n) is 5.80. The minimum Gasteiger partial charge on any atom is -0.440 e. The van der Waals surface area contributed by atoms with Gasteiger partial charge in [-0.25, -0.2) is 4.79 Å². The van der Waals surface area contributed by atoms with E-state index in [0.717, 1.165) is 17.2 Å². The highest BCUT2D eigenvalue weighted by atomic mass is 16.6. The number of nitrogens with two attached hydrogens (primary N) is 1. The largest absolute Gasteiger partial charge is 0.440 e. The molecule has 1 unspecified atom stereocenters. The lowest BCUT2D eigenvalue weighted by atomic mass is 9.81. The third kappa shape index (κ3) is 4.70. The molecule has 3 aromatic carbocycles. The quantitative estimate of drug-likeness (QED) is 0.237. The van der Waals surface area contributed by atoms with Crippen molar-refractivity contribution in [3.63, 3.8) is 0 Å². The molecule has 8 nitrogen and oxygen atoms in total. The minimum atomic E-state index is -0.750. The molecule has 3 aromatic rings. The van der Waals surface area contributed by atoms with Gasteiger partial charge in [0.05, 0.1) is 16.4 Å². The molecular weight excluding hydrogens is 446 g/mol. The van der Waals surface area contributed by atoms with Gasteiger partial charge in [-0.15, -0.1) is 0 Å². The molecule has 2 N–H and O–H groups in total. The van der Waals surface area contributed by atoms with Crippen LogP contribution < -0.4 is 15.2 Å². The number of carbonyl (C=O) groups excluding carboxylic acids is 1. The number of hydrogen-bond acceptors (Lipinski definition) is 7. The normalized spacial score (nSPS) is 15.0. The number of fused-ring (bicyclic) bond motifs is 1. The zero-order valence-electron chi connectivity index (χ0n) is 19.4. The number of carbonyl (C=O) groups is 1. The molecule has 176 valence electrons. The topological polar surface area (TPSA) is 128 Å². The van der Waals surface area contributed by atoms with Crippen molar-refractivity contribution < 1.29 is 19.2 Å². The van der Waals surface area contributed by atoms with Crippen LogP contribution in [0.5, 0.6) is 11.5 Å². The van der Waals surface area contributed by atoms with Crippen molar-refractivity contribution in [2.24, 2.45) is 5.73 Å². The maximum absolute atomic E-state index is 12.6. The number of ether oxygens (including phenoxy) is 2. The summed E-state index contributed by atoms with van der Waals surface area (Å²) in [5.74, 6) is -0.683. The van der Waals surface area contributed by atoms with E-state index in [-0.39, 0.29) is 28.3 Å². The van der Waals surface area contributed by atoms with Gasteiger partial charge in [0.1, 0.15) is 23.1 Å². The Morgan fingerprint density at radius 1 is 1.11 bits per heavy atom. The summed E-state index contributed by atoms with van der Waals surface area (Å²) in [5.41, 5.74) is 8.93. The number of nitrogens with zero attached hydrogens (tertiary/aromatic N) is 2. The van der Waals surface area contributed by atoms with Gasteiger partial charge in [-0.05, 0) is 28.7 Å². The van der Waals surface area contributed by atoms with Crippen molar-refractivity contribution in [1.82, 2.24) is 0 Å². The fraction of sp³-hybridized carbons (Fsp3) is 0.185. The van der Waals surface area contributed by atoms with Crippen LogP contribution in [0.3, 0.4) is 0 Å². The first kappa shape index (κ1) is 23.5. The van der Waals surface area contributed by atoms with Crippen LogP contribution in [0.2, 0.25) is 0 Å². The molecule has 0 spiro atoms. The van der Waals surface area contributed by atoms with Gasteiger partial charge in [0.2, 0.25) is 5.88 Å². The number of non-ortho nitro benzene ring substituents is 1. The predicted molar refractivity (Wildman–Crippen MR) is 129 cm³/mol. The molecule has 1 atom stereocenters. The Labute approximate surface area is 202 Å². The Morgan fingerprint density at radius 3 is 2.46 bits per heavy atom. The maximum Gasteiger partial charge on any atom is 0.343 e. The van der Waals surface area contributed by atoms with E-state index >= 15 is 0 Å². The first-order chi connectivity index (χ1) is 16.6. The number of esters is 1. The summed E-state index contributed by atoms with van der Waals surface area (Å²) in [5, 5.41) is 20.8. The Balaban J connectivity index is 1.67. The molecule has 0 saturated heterocycles. The first-order valence-electron chi connectivity index (χ1n) is 10.9. The predicted octanol–water partition coefficient (Wildman–Crippen LogP) is 5.33. The lowest BCUT2D eigenvalue weighted by Gasteiger charge is -2.27. The molecule has 35 heavy (non-hydrogen) atoms. The van der Waals surface area contributed by atoms with Crippen LogP contribution in [0, 0.1) is 21.4 Å². The molecule has 0 aromatic heterocycles. The van der Waals surface area contributed by atoms with Gasteiger partial charge in [0, 0.05) is 23.8 Å². The summed E-state index contributed by atoms with van der Waals surface area (Å²) in [6.07, 6.45) is 0. The lowest BCUT2D eigenvalue weighted by Crippen LogP contribution is -2.21. The molecule has 1 heterocycles. The van der Waals surface area contributed by atoms with E-state index in [1.165, 1.54) is 24.3 Å². The van der Waals surface area contributed by atoms with Gasteiger partial charge in [-0.2, -0.15) is 5.26 Å². The molecule has 4 rings (SSSR count). The Morgan fingerprint density at radius 2 is 1.83 bits per heavy atom. The fourth-order valence-corrected chi connectivity index (χ4v) is 3.93. The van der Waals surface area contributed by atoms with E-state index in [2.05, 4.69) is 26.8 Å². The number of benzene rings is 3. The number of nitro groups is 1. The standard InChI is InChI=1S/C27H23N3O5/c1-27(2,3)18-9-7-16(8-10-18)24-21-12-11-20(14-23(21)35-25(29)22(24)15-28)34-26(31)17-5-4-6-19(13-17)30(32)33/h4-14,24H,29H2,1-3H3. The number of nitro benzene ring substituents is 1. The van der Waals surface area contributed by atoms with Gasteiger partial charge < -0.3 is 15.2 Å². The molecule has 0 amide bonds. The highest BCUT2D eigenvalue weighted by molar-refractivity contribution is 5.91. The van der Waals surface area contributed by atoms with E-state index in [9.17, 15) is 20.2 Å². The van der Waals surface area contributed by atoms with Crippen LogP contribution in [0.4, 0.5) is 5.69 Å². The Hall–Kier alpha value is -4.64.